The van der Waals surface area contributed by atoms with Crippen LogP contribution in [0.1, 0.15) is 28.9 Å². The molecular weight excluding hydrogens is 266 g/mol. The summed E-state index contributed by atoms with van der Waals surface area (Å²) in [5, 5.41) is 7.05. The SMILES string of the molecule is Cc1cc(NC(=O)c2ccc(OCC3CC3)cc2)n(C)n1. The third-order valence-electron chi connectivity index (χ3n) is 3.54. The molecule has 3 rings (SSSR count). The van der Waals surface area contributed by atoms with Crippen molar-refractivity contribution < 1.29 is 9.53 Å². The van der Waals surface area contributed by atoms with Crippen LogP contribution in [0.3, 0.4) is 0 Å². The van der Waals surface area contributed by atoms with Crippen LogP contribution in [0.5, 0.6) is 5.75 Å². The summed E-state index contributed by atoms with van der Waals surface area (Å²) in [7, 11) is 1.80. The number of nitrogens with zero attached hydrogens (tertiary/aromatic N) is 2. The molecular formula is C16H19N3O2. The summed E-state index contributed by atoms with van der Waals surface area (Å²) in [4.78, 5) is 12.2. The van der Waals surface area contributed by atoms with Crippen molar-refractivity contribution in [1.29, 1.82) is 0 Å². The molecule has 1 N–H and O–H groups in total. The van der Waals surface area contributed by atoms with E-state index in [1.165, 1.54) is 12.8 Å². The molecule has 0 saturated heterocycles. The lowest BCUT2D eigenvalue weighted by molar-refractivity contribution is 0.102. The molecule has 21 heavy (non-hydrogen) atoms. The molecule has 1 amide bonds. The summed E-state index contributed by atoms with van der Waals surface area (Å²) in [6.45, 7) is 2.67. The van der Waals surface area contributed by atoms with Crippen LogP contribution in [0.15, 0.2) is 30.3 Å². The summed E-state index contributed by atoms with van der Waals surface area (Å²) in [6, 6.07) is 9.07. The van der Waals surface area contributed by atoms with Crippen molar-refractivity contribution >= 4 is 11.7 Å². The smallest absolute Gasteiger partial charge is 0.256 e. The van der Waals surface area contributed by atoms with E-state index in [1.807, 2.05) is 25.1 Å². The number of aromatic nitrogens is 2. The third-order valence-corrected chi connectivity index (χ3v) is 3.54. The molecule has 1 aliphatic carbocycles. The van der Waals surface area contributed by atoms with Gasteiger partial charge in [-0.2, -0.15) is 5.10 Å². The van der Waals surface area contributed by atoms with Gasteiger partial charge in [0, 0.05) is 18.7 Å². The van der Waals surface area contributed by atoms with Crippen LogP contribution < -0.4 is 10.1 Å². The quantitative estimate of drug-likeness (QED) is 0.919. The Bertz CT molecular complexity index is 642. The maximum atomic E-state index is 12.2. The van der Waals surface area contributed by atoms with Gasteiger partial charge in [-0.05, 0) is 49.9 Å². The molecule has 0 spiro atoms. The van der Waals surface area contributed by atoms with Crippen LogP contribution in [0.4, 0.5) is 5.82 Å². The zero-order valence-corrected chi connectivity index (χ0v) is 12.3. The lowest BCUT2D eigenvalue weighted by atomic mass is 10.2. The van der Waals surface area contributed by atoms with Crippen molar-refractivity contribution in [3.05, 3.63) is 41.6 Å². The lowest BCUT2D eigenvalue weighted by Crippen LogP contribution is -2.14. The first-order valence-electron chi connectivity index (χ1n) is 7.16. The van der Waals surface area contributed by atoms with Crippen LogP contribution in [0, 0.1) is 12.8 Å². The Morgan fingerprint density at radius 3 is 2.67 bits per heavy atom. The van der Waals surface area contributed by atoms with Crippen molar-refractivity contribution in [1.82, 2.24) is 9.78 Å². The fourth-order valence-electron chi connectivity index (χ4n) is 2.12. The number of hydrogen-bond donors (Lipinski definition) is 1. The lowest BCUT2D eigenvalue weighted by Gasteiger charge is -2.07. The minimum Gasteiger partial charge on any atom is -0.493 e. The predicted octanol–water partition coefficient (Wildman–Crippen LogP) is 2.77. The van der Waals surface area contributed by atoms with Crippen LogP contribution in [0.25, 0.3) is 0 Å². The normalized spacial score (nSPS) is 14.0. The van der Waals surface area contributed by atoms with Crippen molar-refractivity contribution in [2.45, 2.75) is 19.8 Å². The van der Waals surface area contributed by atoms with Crippen LogP contribution >= 0.6 is 0 Å². The van der Waals surface area contributed by atoms with Crippen LogP contribution in [-0.4, -0.2) is 22.3 Å². The van der Waals surface area contributed by atoms with Gasteiger partial charge >= 0.3 is 0 Å². The molecule has 5 heteroatoms. The summed E-state index contributed by atoms with van der Waals surface area (Å²) < 4.78 is 7.31. The summed E-state index contributed by atoms with van der Waals surface area (Å²) in [5.41, 5.74) is 1.48. The van der Waals surface area contributed by atoms with E-state index in [9.17, 15) is 4.79 Å². The molecule has 1 heterocycles. The van der Waals surface area contributed by atoms with Gasteiger partial charge in [-0.15, -0.1) is 0 Å². The highest BCUT2D eigenvalue weighted by Gasteiger charge is 2.21. The molecule has 1 aliphatic rings. The second-order valence-electron chi connectivity index (χ2n) is 5.53. The Labute approximate surface area is 123 Å². The van der Waals surface area contributed by atoms with Crippen molar-refractivity contribution in [2.75, 3.05) is 11.9 Å². The van der Waals surface area contributed by atoms with Gasteiger partial charge in [0.2, 0.25) is 0 Å². The highest BCUT2D eigenvalue weighted by molar-refractivity contribution is 6.03. The van der Waals surface area contributed by atoms with Gasteiger partial charge in [0.25, 0.3) is 5.91 Å². The van der Waals surface area contributed by atoms with E-state index in [4.69, 9.17) is 4.74 Å². The zero-order chi connectivity index (χ0) is 14.8. The first-order chi connectivity index (χ1) is 10.1. The Kier molecular flexibility index (Phi) is 3.64. The van der Waals surface area contributed by atoms with E-state index in [2.05, 4.69) is 10.4 Å². The Morgan fingerprint density at radius 1 is 1.38 bits per heavy atom. The maximum Gasteiger partial charge on any atom is 0.256 e. The van der Waals surface area contributed by atoms with Gasteiger partial charge in [0.15, 0.2) is 0 Å². The number of hydrogen-bond acceptors (Lipinski definition) is 3. The molecule has 0 atom stereocenters. The topological polar surface area (TPSA) is 56.1 Å². The number of benzene rings is 1. The zero-order valence-electron chi connectivity index (χ0n) is 12.3. The van der Waals surface area contributed by atoms with E-state index in [0.29, 0.717) is 11.4 Å². The molecule has 110 valence electrons. The highest BCUT2D eigenvalue weighted by atomic mass is 16.5. The number of carbonyl (C=O) groups is 1. The Hall–Kier alpha value is -2.30. The summed E-state index contributed by atoms with van der Waals surface area (Å²) in [6.07, 6.45) is 2.54. The fourth-order valence-corrected chi connectivity index (χ4v) is 2.12. The standard InChI is InChI=1S/C16H19N3O2/c1-11-9-15(19(2)18-11)17-16(20)13-5-7-14(8-6-13)21-10-12-3-4-12/h5-9,12H,3-4,10H2,1-2H3,(H,17,20). The number of anilines is 1. The van der Waals surface area contributed by atoms with Gasteiger partial charge in [-0.3, -0.25) is 9.48 Å². The number of aryl methyl sites for hydroxylation is 2. The van der Waals surface area contributed by atoms with Crippen LogP contribution in [-0.2, 0) is 7.05 Å². The molecule has 1 saturated carbocycles. The van der Waals surface area contributed by atoms with E-state index < -0.39 is 0 Å². The summed E-state index contributed by atoms with van der Waals surface area (Å²) in [5.74, 6) is 2.08. The van der Waals surface area contributed by atoms with Crippen molar-refractivity contribution in [2.24, 2.45) is 13.0 Å². The molecule has 0 radical (unpaired) electrons. The number of carbonyl (C=O) groups excluding carboxylic acids is 1. The molecule has 0 aliphatic heterocycles. The fraction of sp³-hybridized carbons (Fsp3) is 0.375. The van der Waals surface area contributed by atoms with Gasteiger partial charge < -0.3 is 10.1 Å². The van der Waals surface area contributed by atoms with E-state index >= 15 is 0 Å². The number of ether oxygens (including phenoxy) is 1. The number of nitrogens with one attached hydrogen (secondary N) is 1. The van der Waals surface area contributed by atoms with Gasteiger partial charge in [-0.1, -0.05) is 0 Å². The number of amides is 1. The van der Waals surface area contributed by atoms with E-state index in [1.54, 1.807) is 23.9 Å². The molecule has 0 bridgehead atoms. The largest absolute Gasteiger partial charge is 0.493 e. The minimum absolute atomic E-state index is 0.147. The molecule has 2 aromatic rings. The monoisotopic (exact) mass is 285 g/mol. The van der Waals surface area contributed by atoms with E-state index in [-0.39, 0.29) is 5.91 Å². The maximum absolute atomic E-state index is 12.2. The summed E-state index contributed by atoms with van der Waals surface area (Å²) >= 11 is 0. The first kappa shape index (κ1) is 13.7. The van der Waals surface area contributed by atoms with Crippen molar-refractivity contribution in [3.8, 4) is 5.75 Å². The highest BCUT2D eigenvalue weighted by Crippen LogP contribution is 2.29. The van der Waals surface area contributed by atoms with Gasteiger partial charge in [-0.25, -0.2) is 0 Å². The predicted molar refractivity (Wildman–Crippen MR) is 80.6 cm³/mol. The number of rotatable bonds is 5. The second kappa shape index (κ2) is 5.60. The van der Waals surface area contributed by atoms with Crippen molar-refractivity contribution in [3.63, 3.8) is 0 Å². The molecule has 1 aromatic heterocycles. The van der Waals surface area contributed by atoms with E-state index in [0.717, 1.165) is 24.0 Å². The Balaban J connectivity index is 1.62. The molecule has 1 aromatic carbocycles. The second-order valence-corrected chi connectivity index (χ2v) is 5.53. The minimum atomic E-state index is -0.147. The third kappa shape index (κ3) is 3.42. The average Bonchev–Trinajstić information content (AvgIpc) is 3.23. The molecule has 0 unspecified atom stereocenters. The first-order valence-corrected chi connectivity index (χ1v) is 7.16. The average molecular weight is 285 g/mol. The van der Waals surface area contributed by atoms with Gasteiger partial charge in [0.1, 0.15) is 11.6 Å². The molecule has 1 fully saturated rings. The van der Waals surface area contributed by atoms with Gasteiger partial charge in [0.05, 0.1) is 12.3 Å². The van der Waals surface area contributed by atoms with Crippen LogP contribution in [0.2, 0.25) is 0 Å². The molecule has 5 nitrogen and oxygen atoms in total. The Morgan fingerprint density at radius 2 is 2.10 bits per heavy atom.